The molecule has 0 bridgehead atoms. The molecule has 1 spiro atoms. The quantitative estimate of drug-likeness (QED) is 0.466. The van der Waals surface area contributed by atoms with Crippen LogP contribution in [-0.2, 0) is 9.59 Å². The third-order valence-corrected chi connectivity index (χ3v) is 6.19. The Morgan fingerprint density at radius 2 is 1.93 bits per heavy atom. The number of imide groups is 1. The highest BCUT2D eigenvalue weighted by atomic mass is 35.5. The molecule has 152 valence electrons. The van der Waals surface area contributed by atoms with Gasteiger partial charge in [0.15, 0.2) is 0 Å². The summed E-state index contributed by atoms with van der Waals surface area (Å²) in [5.74, 6) is -0.111. The average molecular weight is 407 g/mol. The first-order chi connectivity index (χ1) is 13.0. The summed E-state index contributed by atoms with van der Waals surface area (Å²) in [6, 6.07) is 4.37. The molecule has 7 heteroatoms. The second kappa shape index (κ2) is 7.39. The zero-order valence-electron chi connectivity index (χ0n) is 16.8. The Balaban J connectivity index is 1.65. The summed E-state index contributed by atoms with van der Waals surface area (Å²) < 4.78 is 5.32. The number of halogens is 1. The Hall–Kier alpha value is -2.08. The number of esters is 1. The first-order valence-corrected chi connectivity index (χ1v) is 10.0. The van der Waals surface area contributed by atoms with Crippen LogP contribution in [0.5, 0.6) is 5.75 Å². The van der Waals surface area contributed by atoms with Crippen LogP contribution < -0.4 is 10.1 Å². The maximum Gasteiger partial charge on any atom is 0.331 e. The van der Waals surface area contributed by atoms with Gasteiger partial charge < -0.3 is 10.1 Å². The smallest absolute Gasteiger partial charge is 0.331 e. The first kappa shape index (κ1) is 20.6. The number of carbonyl (C=O) groups is 3. The van der Waals surface area contributed by atoms with Crippen molar-refractivity contribution >= 4 is 29.5 Å². The molecule has 2 aliphatic rings. The lowest BCUT2D eigenvalue weighted by Crippen LogP contribution is -2.50. The minimum Gasteiger partial charge on any atom is -0.425 e. The van der Waals surface area contributed by atoms with Crippen molar-refractivity contribution in [2.24, 2.45) is 11.3 Å². The van der Waals surface area contributed by atoms with Crippen molar-refractivity contribution in [3.8, 4) is 5.75 Å². The zero-order valence-corrected chi connectivity index (χ0v) is 17.6. The van der Waals surface area contributed by atoms with Crippen LogP contribution >= 0.6 is 11.6 Å². The van der Waals surface area contributed by atoms with Crippen molar-refractivity contribution in [1.29, 1.82) is 0 Å². The van der Waals surface area contributed by atoms with Gasteiger partial charge in [-0.2, -0.15) is 0 Å². The van der Waals surface area contributed by atoms with E-state index in [2.05, 4.69) is 26.1 Å². The molecule has 6 nitrogen and oxygen atoms in total. The van der Waals surface area contributed by atoms with Gasteiger partial charge in [-0.3, -0.25) is 9.69 Å². The number of carbonyl (C=O) groups excluding carboxylic acids is 3. The van der Waals surface area contributed by atoms with Gasteiger partial charge in [-0.25, -0.2) is 9.59 Å². The molecule has 1 N–H and O–H groups in total. The fraction of sp³-hybridized carbons (Fsp3) is 0.571. The van der Waals surface area contributed by atoms with E-state index < -0.39 is 24.1 Å². The second-order valence-electron chi connectivity index (χ2n) is 8.93. The summed E-state index contributed by atoms with van der Waals surface area (Å²) in [6.45, 7) is 7.96. The molecule has 0 radical (unpaired) electrons. The Kier molecular flexibility index (Phi) is 5.45. The van der Waals surface area contributed by atoms with E-state index in [0.717, 1.165) is 17.7 Å². The van der Waals surface area contributed by atoms with E-state index in [9.17, 15) is 14.4 Å². The summed E-state index contributed by atoms with van der Waals surface area (Å²) in [6.07, 6.45) is 2.94. The molecule has 0 unspecified atom stereocenters. The summed E-state index contributed by atoms with van der Waals surface area (Å²) >= 11 is 5.90. The van der Waals surface area contributed by atoms with Gasteiger partial charge in [0.1, 0.15) is 17.8 Å². The molecule has 1 aliphatic heterocycles. The van der Waals surface area contributed by atoms with Gasteiger partial charge in [0.2, 0.25) is 0 Å². The number of amides is 3. The van der Waals surface area contributed by atoms with Gasteiger partial charge in [-0.15, -0.1) is 0 Å². The number of nitrogens with one attached hydrogen (secondary N) is 1. The Morgan fingerprint density at radius 3 is 2.50 bits per heavy atom. The normalized spacial score (nSPS) is 25.2. The van der Waals surface area contributed by atoms with Crippen LogP contribution in [0.2, 0.25) is 5.02 Å². The molecule has 0 aromatic heterocycles. The van der Waals surface area contributed by atoms with Gasteiger partial charge in [-0.1, -0.05) is 32.4 Å². The van der Waals surface area contributed by atoms with Crippen LogP contribution in [0, 0.1) is 18.3 Å². The van der Waals surface area contributed by atoms with Gasteiger partial charge in [0.05, 0.1) is 0 Å². The highest BCUT2D eigenvalue weighted by molar-refractivity contribution is 6.30. The number of ether oxygens (including phenoxy) is 1. The number of benzene rings is 1. The van der Waals surface area contributed by atoms with Gasteiger partial charge in [0.25, 0.3) is 5.91 Å². The lowest BCUT2D eigenvalue weighted by molar-refractivity contribution is -0.141. The lowest BCUT2D eigenvalue weighted by Gasteiger charge is -2.40. The molecule has 1 saturated carbocycles. The Morgan fingerprint density at radius 1 is 1.29 bits per heavy atom. The van der Waals surface area contributed by atoms with E-state index in [4.69, 9.17) is 16.3 Å². The monoisotopic (exact) mass is 406 g/mol. The number of nitrogens with zero attached hydrogens (tertiary/aromatic N) is 1. The van der Waals surface area contributed by atoms with Crippen molar-refractivity contribution in [3.05, 3.63) is 28.8 Å². The molecule has 28 heavy (non-hydrogen) atoms. The summed E-state index contributed by atoms with van der Waals surface area (Å²) in [5, 5.41) is 3.38. The SMILES string of the molecule is Cc1cc(Cl)ccc1OC(=O)CN1C(=O)NC2(CCC(C(C)(C)C)CC2)C1=O. The van der Waals surface area contributed by atoms with Gasteiger partial charge >= 0.3 is 12.0 Å². The third-order valence-electron chi connectivity index (χ3n) is 5.96. The molecule has 1 aromatic carbocycles. The zero-order chi connectivity index (χ0) is 20.7. The van der Waals surface area contributed by atoms with Crippen LogP contribution in [0.1, 0.15) is 52.0 Å². The number of urea groups is 1. The van der Waals surface area contributed by atoms with E-state index in [1.807, 2.05) is 0 Å². The third kappa shape index (κ3) is 4.02. The summed E-state index contributed by atoms with van der Waals surface area (Å²) in [7, 11) is 0. The average Bonchev–Trinajstić information content (AvgIpc) is 2.81. The van der Waals surface area contributed by atoms with Crippen molar-refractivity contribution in [2.75, 3.05) is 6.54 Å². The molecule has 1 saturated heterocycles. The second-order valence-corrected chi connectivity index (χ2v) is 9.36. The minimum atomic E-state index is -0.880. The van der Waals surface area contributed by atoms with Crippen molar-refractivity contribution < 1.29 is 19.1 Å². The highest BCUT2D eigenvalue weighted by Gasteiger charge is 2.53. The topological polar surface area (TPSA) is 75.7 Å². The van der Waals surface area contributed by atoms with Gasteiger partial charge in [0, 0.05) is 5.02 Å². The fourth-order valence-electron chi connectivity index (χ4n) is 4.15. The predicted octanol–water partition coefficient (Wildman–Crippen LogP) is 4.08. The van der Waals surface area contributed by atoms with Crippen molar-refractivity contribution in [2.45, 2.75) is 58.9 Å². The largest absolute Gasteiger partial charge is 0.425 e. The Labute approximate surface area is 170 Å². The van der Waals surface area contributed by atoms with E-state index >= 15 is 0 Å². The van der Waals surface area contributed by atoms with Crippen LogP contribution in [0.3, 0.4) is 0 Å². The molecule has 3 rings (SSSR count). The van der Waals surface area contributed by atoms with E-state index in [0.29, 0.717) is 35.1 Å². The summed E-state index contributed by atoms with van der Waals surface area (Å²) in [5.41, 5.74) is -0.00212. The fourth-order valence-corrected chi connectivity index (χ4v) is 4.37. The molecule has 1 heterocycles. The molecule has 0 atom stereocenters. The highest BCUT2D eigenvalue weighted by Crippen LogP contribution is 2.43. The van der Waals surface area contributed by atoms with E-state index in [1.54, 1.807) is 25.1 Å². The molecule has 1 aromatic rings. The molecular weight excluding hydrogens is 380 g/mol. The van der Waals surface area contributed by atoms with E-state index in [1.165, 1.54) is 0 Å². The predicted molar refractivity (Wildman–Crippen MR) is 106 cm³/mol. The maximum atomic E-state index is 13.0. The van der Waals surface area contributed by atoms with Crippen LogP contribution in [-0.4, -0.2) is 34.9 Å². The number of aryl methyl sites for hydroxylation is 1. The minimum absolute atomic E-state index is 0.174. The first-order valence-electron chi connectivity index (χ1n) is 9.63. The standard InChI is InChI=1S/C21H27ClN2O4/c1-13-11-15(22)5-6-16(13)28-17(25)12-24-18(26)21(23-19(24)27)9-7-14(8-10-21)20(2,3)4/h5-6,11,14H,7-10,12H2,1-4H3,(H,23,27). The summed E-state index contributed by atoms with van der Waals surface area (Å²) in [4.78, 5) is 38.7. The molecular formula is C21H27ClN2O4. The van der Waals surface area contributed by atoms with Crippen LogP contribution in [0.4, 0.5) is 4.79 Å². The van der Waals surface area contributed by atoms with Crippen molar-refractivity contribution in [1.82, 2.24) is 10.2 Å². The van der Waals surface area contributed by atoms with Crippen LogP contribution in [0.15, 0.2) is 18.2 Å². The molecule has 2 fully saturated rings. The molecule has 1 aliphatic carbocycles. The number of rotatable bonds is 3. The number of hydrogen-bond donors (Lipinski definition) is 1. The van der Waals surface area contributed by atoms with Crippen molar-refractivity contribution in [3.63, 3.8) is 0 Å². The number of hydrogen-bond acceptors (Lipinski definition) is 4. The Bertz CT molecular complexity index is 807. The van der Waals surface area contributed by atoms with Gasteiger partial charge in [-0.05, 0) is 67.7 Å². The maximum absolute atomic E-state index is 13.0. The van der Waals surface area contributed by atoms with E-state index in [-0.39, 0.29) is 11.3 Å². The van der Waals surface area contributed by atoms with Crippen LogP contribution in [0.25, 0.3) is 0 Å². The molecule has 3 amide bonds. The lowest BCUT2D eigenvalue weighted by atomic mass is 9.67.